The van der Waals surface area contributed by atoms with Gasteiger partial charge in [-0.3, -0.25) is 14.6 Å². The topological polar surface area (TPSA) is 111 Å². The van der Waals surface area contributed by atoms with Crippen LogP contribution in [0.2, 0.25) is 0 Å². The minimum Gasteiger partial charge on any atom is -0.475 e. The number of nitrogens with one attached hydrogen (secondary N) is 2. The summed E-state index contributed by atoms with van der Waals surface area (Å²) in [7, 11) is 1.63. The molecule has 0 atom stereocenters. The number of anilines is 1. The van der Waals surface area contributed by atoms with E-state index in [1.54, 1.807) is 55.9 Å². The fourth-order valence-electron chi connectivity index (χ4n) is 3.78. The summed E-state index contributed by atoms with van der Waals surface area (Å²) in [6, 6.07) is 11.3. The Morgan fingerprint density at radius 3 is 2.67 bits per heavy atom. The molecule has 0 spiro atoms. The summed E-state index contributed by atoms with van der Waals surface area (Å²) in [4.78, 5) is 38.6. The number of aromatic nitrogens is 4. The number of ether oxygens (including phenoxy) is 1. The average molecular weight is 503 g/mol. The van der Waals surface area contributed by atoms with Gasteiger partial charge >= 0.3 is 0 Å². The number of aryl methyl sites for hydroxylation is 2. The number of hydrogen-bond acceptors (Lipinski definition) is 8. The van der Waals surface area contributed by atoms with Crippen molar-refractivity contribution in [1.29, 1.82) is 0 Å². The highest BCUT2D eigenvalue weighted by Crippen LogP contribution is 2.48. The van der Waals surface area contributed by atoms with Gasteiger partial charge in [-0.05, 0) is 49.4 Å². The molecule has 0 unspecified atom stereocenters. The van der Waals surface area contributed by atoms with Crippen molar-refractivity contribution in [3.63, 3.8) is 0 Å². The lowest BCUT2D eigenvalue weighted by Crippen LogP contribution is -2.32. The van der Waals surface area contributed by atoms with Crippen LogP contribution in [0.1, 0.15) is 34.3 Å². The van der Waals surface area contributed by atoms with Gasteiger partial charge < -0.3 is 19.3 Å². The molecule has 3 aromatic heterocycles. The first-order valence-electron chi connectivity index (χ1n) is 11.6. The van der Waals surface area contributed by atoms with Crippen molar-refractivity contribution in [2.75, 3.05) is 11.3 Å². The number of amides is 1. The molecule has 10 heteroatoms. The van der Waals surface area contributed by atoms with E-state index in [0.29, 0.717) is 35.8 Å². The van der Waals surface area contributed by atoms with Crippen LogP contribution in [-0.4, -0.2) is 36.8 Å². The van der Waals surface area contributed by atoms with Gasteiger partial charge in [0.05, 0.1) is 10.9 Å². The monoisotopic (exact) mass is 502 g/mol. The van der Waals surface area contributed by atoms with Gasteiger partial charge in [-0.1, -0.05) is 29.8 Å². The maximum absolute atomic E-state index is 13.1. The second-order valence-corrected chi connectivity index (χ2v) is 10.2. The predicted octanol–water partition coefficient (Wildman–Crippen LogP) is 3.63. The van der Waals surface area contributed by atoms with E-state index in [4.69, 9.17) is 4.74 Å². The molecule has 1 aromatic carbocycles. The first-order valence-corrected chi connectivity index (χ1v) is 12.4. The molecule has 184 valence electrons. The number of carbonyl (C=O) groups is 1. The Labute approximate surface area is 212 Å². The van der Waals surface area contributed by atoms with Crippen molar-refractivity contribution < 1.29 is 9.53 Å². The van der Waals surface area contributed by atoms with Crippen LogP contribution in [0, 0.1) is 6.92 Å². The van der Waals surface area contributed by atoms with Crippen molar-refractivity contribution in [2.24, 2.45) is 7.05 Å². The summed E-state index contributed by atoms with van der Waals surface area (Å²) in [5.41, 5.74) is 2.35. The summed E-state index contributed by atoms with van der Waals surface area (Å²) in [5.74, 6) is 0.638. The van der Waals surface area contributed by atoms with Gasteiger partial charge in [-0.25, -0.2) is 9.97 Å². The first-order chi connectivity index (χ1) is 17.4. The molecule has 9 nitrogen and oxygen atoms in total. The van der Waals surface area contributed by atoms with Crippen molar-refractivity contribution in [2.45, 2.75) is 31.1 Å². The number of hydrogen-bond donors (Lipinski definition) is 2. The van der Waals surface area contributed by atoms with Gasteiger partial charge in [0, 0.05) is 37.6 Å². The molecular weight excluding hydrogens is 476 g/mol. The summed E-state index contributed by atoms with van der Waals surface area (Å²) < 4.78 is 10.7. The lowest BCUT2D eigenvalue weighted by atomic mass is 10.1. The van der Waals surface area contributed by atoms with Gasteiger partial charge in [0.25, 0.3) is 11.5 Å². The summed E-state index contributed by atoms with van der Waals surface area (Å²) >= 11 is 1.56. The minimum absolute atomic E-state index is 0.0802. The Kier molecular flexibility index (Phi) is 6.60. The lowest BCUT2D eigenvalue weighted by molar-refractivity contribution is 0.0949. The maximum atomic E-state index is 13.1. The molecular formula is C26H26N6O3S. The van der Waals surface area contributed by atoms with Gasteiger partial charge in [0.1, 0.15) is 17.7 Å². The third-order valence-corrected chi connectivity index (χ3v) is 7.40. The van der Waals surface area contributed by atoms with E-state index in [1.165, 1.54) is 4.57 Å². The van der Waals surface area contributed by atoms with Gasteiger partial charge in [0.2, 0.25) is 5.88 Å². The van der Waals surface area contributed by atoms with E-state index in [2.05, 4.69) is 25.0 Å². The molecule has 1 aliphatic carbocycles. The fraction of sp³-hybridized carbons (Fsp3) is 0.269. The quantitative estimate of drug-likeness (QED) is 0.334. The smallest absolute Gasteiger partial charge is 0.263 e. The molecule has 4 aromatic rings. The Balaban J connectivity index is 1.31. The standard InChI is InChI=1S/C26H26N6O3S/c1-17-3-5-18(6-4-17)14-30-23(33)20-13-19-7-10-29-24(22(19)32(2)25(20)34)35-16-26(8-9-26)36-31-21-15-27-11-12-28-21/h3-7,10-13,15H,8-9,14,16H2,1-2H3,(H,28,31)(H,30,33). The highest BCUT2D eigenvalue weighted by molar-refractivity contribution is 8.02. The third-order valence-electron chi connectivity index (χ3n) is 6.13. The Morgan fingerprint density at radius 1 is 1.14 bits per heavy atom. The normalized spacial score (nSPS) is 13.8. The van der Waals surface area contributed by atoms with Gasteiger partial charge in [-0.2, -0.15) is 0 Å². The molecule has 1 fully saturated rings. The number of nitrogens with zero attached hydrogens (tertiary/aromatic N) is 4. The van der Waals surface area contributed by atoms with E-state index in [0.717, 1.165) is 24.0 Å². The second-order valence-electron chi connectivity index (χ2n) is 8.91. The predicted molar refractivity (Wildman–Crippen MR) is 140 cm³/mol. The Hall–Kier alpha value is -3.92. The van der Waals surface area contributed by atoms with Crippen LogP contribution in [0.5, 0.6) is 5.88 Å². The summed E-state index contributed by atoms with van der Waals surface area (Å²) in [6.07, 6.45) is 8.53. The first kappa shape index (κ1) is 23.8. The minimum atomic E-state index is -0.416. The van der Waals surface area contributed by atoms with Crippen molar-refractivity contribution in [1.82, 2.24) is 24.8 Å². The van der Waals surface area contributed by atoms with Crippen LogP contribution in [0.4, 0.5) is 5.82 Å². The molecule has 0 saturated heterocycles. The molecule has 0 aliphatic heterocycles. The molecule has 2 N–H and O–H groups in total. The van der Waals surface area contributed by atoms with Crippen LogP contribution in [-0.2, 0) is 13.6 Å². The highest BCUT2D eigenvalue weighted by atomic mass is 32.2. The third kappa shape index (κ3) is 5.18. The van der Waals surface area contributed by atoms with Crippen LogP contribution in [0.3, 0.4) is 0 Å². The number of benzene rings is 1. The van der Waals surface area contributed by atoms with E-state index in [1.807, 2.05) is 31.2 Å². The number of pyridine rings is 2. The molecule has 0 bridgehead atoms. The van der Waals surface area contributed by atoms with E-state index in [9.17, 15) is 9.59 Å². The molecule has 1 aliphatic rings. The summed E-state index contributed by atoms with van der Waals surface area (Å²) in [5, 5.41) is 3.55. The van der Waals surface area contributed by atoms with Crippen molar-refractivity contribution >= 4 is 34.6 Å². The SMILES string of the molecule is Cc1ccc(CNC(=O)c2cc3ccnc(OCC4(SNc5cnccn5)CC4)c3n(C)c2=O)cc1. The zero-order chi connectivity index (χ0) is 25.1. The van der Waals surface area contributed by atoms with E-state index >= 15 is 0 Å². The van der Waals surface area contributed by atoms with E-state index in [-0.39, 0.29) is 10.3 Å². The molecule has 1 saturated carbocycles. The Bertz CT molecular complexity index is 1450. The van der Waals surface area contributed by atoms with E-state index < -0.39 is 11.5 Å². The maximum Gasteiger partial charge on any atom is 0.263 e. The molecule has 3 heterocycles. The largest absolute Gasteiger partial charge is 0.475 e. The molecule has 5 rings (SSSR count). The van der Waals surface area contributed by atoms with Crippen LogP contribution < -0.4 is 20.3 Å². The Morgan fingerprint density at radius 2 is 1.94 bits per heavy atom. The number of rotatable bonds is 9. The van der Waals surface area contributed by atoms with Crippen LogP contribution >= 0.6 is 11.9 Å². The molecule has 0 radical (unpaired) electrons. The van der Waals surface area contributed by atoms with Crippen molar-refractivity contribution in [3.05, 3.63) is 88.2 Å². The van der Waals surface area contributed by atoms with Crippen LogP contribution in [0.15, 0.2) is 66.0 Å². The van der Waals surface area contributed by atoms with Crippen molar-refractivity contribution in [3.8, 4) is 5.88 Å². The zero-order valence-corrected chi connectivity index (χ0v) is 20.8. The van der Waals surface area contributed by atoms with Gasteiger partial charge in [0.15, 0.2) is 5.82 Å². The van der Waals surface area contributed by atoms with Crippen LogP contribution in [0.25, 0.3) is 10.9 Å². The zero-order valence-electron chi connectivity index (χ0n) is 20.0. The van der Waals surface area contributed by atoms with Gasteiger partial charge in [-0.15, -0.1) is 0 Å². The lowest BCUT2D eigenvalue weighted by Gasteiger charge is -2.17. The number of carbonyl (C=O) groups excluding carboxylic acids is 1. The fourth-order valence-corrected chi connectivity index (χ4v) is 4.63. The molecule has 1 amide bonds. The highest BCUT2D eigenvalue weighted by Gasteiger charge is 2.45. The average Bonchev–Trinajstić information content (AvgIpc) is 3.68. The number of fused-ring (bicyclic) bond motifs is 1. The molecule has 36 heavy (non-hydrogen) atoms. The summed E-state index contributed by atoms with van der Waals surface area (Å²) in [6.45, 7) is 2.77. The second kappa shape index (κ2) is 9.98.